The molecule has 0 aliphatic heterocycles. The number of aromatic nitrogens is 2. The normalized spacial score (nSPS) is 14.6. The van der Waals surface area contributed by atoms with Crippen LogP contribution in [0.5, 0.6) is 0 Å². The summed E-state index contributed by atoms with van der Waals surface area (Å²) in [7, 11) is 0. The highest BCUT2D eigenvalue weighted by atomic mass is 16.3. The van der Waals surface area contributed by atoms with Gasteiger partial charge in [0.15, 0.2) is 0 Å². The van der Waals surface area contributed by atoms with Crippen molar-refractivity contribution in [1.82, 2.24) is 15.1 Å². The summed E-state index contributed by atoms with van der Waals surface area (Å²) in [4.78, 5) is 14.2. The van der Waals surface area contributed by atoms with E-state index in [0.717, 1.165) is 24.4 Å². The highest BCUT2D eigenvalue weighted by molar-refractivity contribution is 5.93. The van der Waals surface area contributed by atoms with Crippen LogP contribution in [0, 0.1) is 6.92 Å². The molecule has 1 saturated carbocycles. The largest absolute Gasteiger partial charge is 0.464 e. The van der Waals surface area contributed by atoms with Crippen LogP contribution in [-0.2, 0) is 6.54 Å². The van der Waals surface area contributed by atoms with Crippen LogP contribution in [0.15, 0.2) is 22.6 Å². The van der Waals surface area contributed by atoms with Gasteiger partial charge in [0.05, 0.1) is 6.54 Å². The second kappa shape index (κ2) is 4.46. The number of hydrogen-bond donors (Lipinski definition) is 2. The first-order chi connectivity index (χ1) is 9.13. The lowest BCUT2D eigenvalue weighted by Crippen LogP contribution is -2.32. The molecule has 0 unspecified atom stereocenters. The summed E-state index contributed by atoms with van der Waals surface area (Å²) in [5, 5.41) is 6.46. The summed E-state index contributed by atoms with van der Waals surface area (Å²) < 4.78 is 5.54. The molecule has 1 aliphatic rings. The van der Waals surface area contributed by atoms with E-state index in [4.69, 9.17) is 10.2 Å². The maximum atomic E-state index is 12.4. The first-order valence-electron chi connectivity index (χ1n) is 6.30. The molecule has 0 atom stereocenters. The van der Waals surface area contributed by atoms with Crippen LogP contribution in [0.4, 0.5) is 5.82 Å². The lowest BCUT2D eigenvalue weighted by Gasteiger charge is -2.20. The van der Waals surface area contributed by atoms with E-state index in [-0.39, 0.29) is 5.91 Å². The number of hydrogen-bond acceptors (Lipinski definition) is 4. The zero-order valence-electron chi connectivity index (χ0n) is 10.7. The van der Waals surface area contributed by atoms with E-state index in [2.05, 4.69) is 10.2 Å². The number of nitrogens with one attached hydrogen (secondary N) is 1. The van der Waals surface area contributed by atoms with E-state index in [1.54, 1.807) is 6.07 Å². The van der Waals surface area contributed by atoms with Gasteiger partial charge >= 0.3 is 0 Å². The van der Waals surface area contributed by atoms with E-state index >= 15 is 0 Å². The Morgan fingerprint density at radius 1 is 1.58 bits per heavy atom. The quantitative estimate of drug-likeness (QED) is 0.875. The van der Waals surface area contributed by atoms with Crippen LogP contribution in [0.3, 0.4) is 0 Å². The van der Waals surface area contributed by atoms with Crippen molar-refractivity contribution in [3.63, 3.8) is 0 Å². The Kier molecular flexibility index (Phi) is 2.77. The Morgan fingerprint density at radius 2 is 2.37 bits per heavy atom. The molecule has 1 fully saturated rings. The van der Waals surface area contributed by atoms with Gasteiger partial charge in [-0.2, -0.15) is 5.10 Å². The van der Waals surface area contributed by atoms with Gasteiger partial charge in [0.2, 0.25) is 0 Å². The fraction of sp³-hybridized carbons (Fsp3) is 0.385. The highest BCUT2D eigenvalue weighted by Gasteiger charge is 2.34. The molecule has 100 valence electrons. The predicted octanol–water partition coefficient (Wildman–Crippen LogP) is 1.70. The van der Waals surface area contributed by atoms with E-state index in [1.165, 1.54) is 0 Å². The van der Waals surface area contributed by atoms with E-state index in [9.17, 15) is 4.79 Å². The van der Waals surface area contributed by atoms with Gasteiger partial charge in [-0.3, -0.25) is 9.89 Å². The molecule has 6 heteroatoms. The minimum atomic E-state index is -0.0826. The fourth-order valence-corrected chi connectivity index (χ4v) is 2.09. The van der Waals surface area contributed by atoms with Gasteiger partial charge in [0, 0.05) is 12.1 Å². The molecule has 2 aromatic heterocycles. The summed E-state index contributed by atoms with van der Waals surface area (Å²) in [6, 6.07) is 5.66. The van der Waals surface area contributed by atoms with Gasteiger partial charge in [-0.1, -0.05) is 0 Å². The number of nitrogens with zero attached hydrogens (tertiary/aromatic N) is 2. The Labute approximate surface area is 110 Å². The number of furan rings is 1. The lowest BCUT2D eigenvalue weighted by molar-refractivity contribution is 0.0711. The number of rotatable bonds is 4. The predicted molar refractivity (Wildman–Crippen MR) is 69.3 cm³/mol. The third kappa shape index (κ3) is 2.47. The molecule has 3 N–H and O–H groups in total. The third-order valence-corrected chi connectivity index (χ3v) is 3.20. The molecule has 19 heavy (non-hydrogen) atoms. The van der Waals surface area contributed by atoms with E-state index < -0.39 is 0 Å². The molecule has 0 bridgehead atoms. The SMILES string of the molecule is Cc1ccc(CN(C(=O)c2cc(N)n[nH]2)C2CC2)o1. The van der Waals surface area contributed by atoms with Crippen molar-refractivity contribution in [2.24, 2.45) is 0 Å². The summed E-state index contributed by atoms with van der Waals surface area (Å²) in [5.41, 5.74) is 5.96. The average molecular weight is 260 g/mol. The second-order valence-electron chi connectivity index (χ2n) is 4.88. The Morgan fingerprint density at radius 3 is 2.89 bits per heavy atom. The number of anilines is 1. The zero-order valence-corrected chi connectivity index (χ0v) is 10.7. The molecule has 3 rings (SSSR count). The zero-order chi connectivity index (χ0) is 13.4. The lowest BCUT2D eigenvalue weighted by atomic mass is 10.3. The molecular weight excluding hydrogens is 244 g/mol. The number of amides is 1. The van der Waals surface area contributed by atoms with Gasteiger partial charge in [-0.15, -0.1) is 0 Å². The molecule has 0 radical (unpaired) electrons. The van der Waals surface area contributed by atoms with E-state index in [1.807, 2.05) is 24.0 Å². The molecule has 0 spiro atoms. The van der Waals surface area contributed by atoms with Crippen molar-refractivity contribution in [2.75, 3.05) is 5.73 Å². The molecule has 1 amide bonds. The van der Waals surface area contributed by atoms with Crippen molar-refractivity contribution in [3.05, 3.63) is 35.4 Å². The Hall–Kier alpha value is -2.24. The minimum absolute atomic E-state index is 0.0826. The molecule has 0 saturated heterocycles. The van der Waals surface area contributed by atoms with Gasteiger partial charge in [-0.05, 0) is 31.9 Å². The summed E-state index contributed by atoms with van der Waals surface area (Å²) in [6.07, 6.45) is 2.07. The van der Waals surface area contributed by atoms with Crippen molar-refractivity contribution in [3.8, 4) is 0 Å². The van der Waals surface area contributed by atoms with Crippen LogP contribution in [0.1, 0.15) is 34.9 Å². The van der Waals surface area contributed by atoms with Gasteiger partial charge < -0.3 is 15.1 Å². The van der Waals surface area contributed by atoms with Crippen LogP contribution in [0.25, 0.3) is 0 Å². The van der Waals surface area contributed by atoms with Crippen molar-refractivity contribution in [2.45, 2.75) is 32.4 Å². The number of H-pyrrole nitrogens is 1. The molecule has 1 aliphatic carbocycles. The Balaban J connectivity index is 1.79. The maximum Gasteiger partial charge on any atom is 0.272 e. The third-order valence-electron chi connectivity index (χ3n) is 3.20. The van der Waals surface area contributed by atoms with Crippen molar-refractivity contribution in [1.29, 1.82) is 0 Å². The summed E-state index contributed by atoms with van der Waals surface area (Å²) in [6.45, 7) is 2.37. The molecule has 6 nitrogen and oxygen atoms in total. The molecule has 0 aromatic carbocycles. The summed E-state index contributed by atoms with van der Waals surface area (Å²) >= 11 is 0. The van der Waals surface area contributed by atoms with Crippen molar-refractivity contribution >= 4 is 11.7 Å². The topological polar surface area (TPSA) is 88.1 Å². The first-order valence-corrected chi connectivity index (χ1v) is 6.30. The summed E-state index contributed by atoms with van der Waals surface area (Å²) in [5.74, 6) is 1.89. The maximum absolute atomic E-state index is 12.4. The number of aryl methyl sites for hydroxylation is 1. The molecule has 2 aromatic rings. The van der Waals surface area contributed by atoms with Crippen LogP contribution in [0.2, 0.25) is 0 Å². The number of nitrogens with two attached hydrogens (primary N) is 1. The smallest absolute Gasteiger partial charge is 0.272 e. The molecule has 2 heterocycles. The molecular formula is C13H16N4O2. The average Bonchev–Trinajstić information content (AvgIpc) is 3.00. The number of carbonyl (C=O) groups is 1. The number of nitrogen functional groups attached to an aromatic ring is 1. The van der Waals surface area contributed by atoms with Crippen LogP contribution >= 0.6 is 0 Å². The standard InChI is InChI=1S/C13H16N4O2/c1-8-2-5-10(19-8)7-17(9-3-4-9)13(18)11-6-12(14)16-15-11/h2,5-6,9H,3-4,7H2,1H3,(H3,14,15,16). The van der Waals surface area contributed by atoms with Gasteiger partial charge in [0.25, 0.3) is 5.91 Å². The van der Waals surface area contributed by atoms with Crippen LogP contribution < -0.4 is 5.73 Å². The Bertz CT molecular complexity index is 597. The monoisotopic (exact) mass is 260 g/mol. The first kappa shape index (κ1) is 11.8. The van der Waals surface area contributed by atoms with Crippen molar-refractivity contribution < 1.29 is 9.21 Å². The second-order valence-corrected chi connectivity index (χ2v) is 4.88. The van der Waals surface area contributed by atoms with E-state index in [0.29, 0.717) is 24.1 Å². The van der Waals surface area contributed by atoms with Gasteiger partial charge in [-0.25, -0.2) is 0 Å². The number of aromatic amines is 1. The minimum Gasteiger partial charge on any atom is -0.464 e. The van der Waals surface area contributed by atoms with Gasteiger partial charge in [0.1, 0.15) is 23.0 Å². The van der Waals surface area contributed by atoms with Crippen LogP contribution in [-0.4, -0.2) is 27.0 Å². The number of carbonyl (C=O) groups excluding carboxylic acids is 1. The highest BCUT2D eigenvalue weighted by Crippen LogP contribution is 2.30. The fourth-order valence-electron chi connectivity index (χ4n) is 2.09.